The molecule has 0 bridgehead atoms. The average Bonchev–Trinajstić information content (AvgIpc) is 2.85. The van der Waals surface area contributed by atoms with Crippen LogP contribution in [0.15, 0.2) is 46.7 Å². The Hall–Kier alpha value is -2.12. The van der Waals surface area contributed by atoms with Gasteiger partial charge in [0.2, 0.25) is 0 Å². The molecule has 2 N–H and O–H groups in total. The smallest absolute Gasteiger partial charge is 0.328 e. The fourth-order valence-electron chi connectivity index (χ4n) is 1.59. The molecule has 0 aliphatic carbocycles. The molecule has 0 amide bonds. The Balaban J connectivity index is 2.15. The van der Waals surface area contributed by atoms with Crippen LogP contribution in [0.3, 0.4) is 0 Å². The second-order valence-corrected chi connectivity index (χ2v) is 7.46. The molecular weight excluding hydrogens is 310 g/mol. The Labute approximate surface area is 126 Å². The molecule has 1 aromatic carbocycles. The Morgan fingerprint density at radius 2 is 1.86 bits per heavy atom. The van der Waals surface area contributed by atoms with Gasteiger partial charge in [-0.05, 0) is 42.8 Å². The number of nitrogens with one attached hydrogen (secondary N) is 1. The van der Waals surface area contributed by atoms with E-state index in [-0.39, 0.29) is 4.21 Å². The largest absolute Gasteiger partial charge is 0.478 e. The number of carboxylic acids is 1. The Kier molecular flexibility index (Phi) is 4.44. The van der Waals surface area contributed by atoms with Crippen LogP contribution < -0.4 is 4.72 Å². The minimum Gasteiger partial charge on any atom is -0.478 e. The van der Waals surface area contributed by atoms with Crippen molar-refractivity contribution in [2.45, 2.75) is 11.1 Å². The van der Waals surface area contributed by atoms with Crippen molar-refractivity contribution in [3.63, 3.8) is 0 Å². The van der Waals surface area contributed by atoms with Gasteiger partial charge in [0.1, 0.15) is 4.21 Å². The maximum Gasteiger partial charge on any atom is 0.328 e. The molecule has 0 aliphatic rings. The van der Waals surface area contributed by atoms with Gasteiger partial charge in [0.15, 0.2) is 0 Å². The molecular formula is C14H13NO4S2. The number of aryl methyl sites for hydroxylation is 1. The van der Waals surface area contributed by atoms with Crippen LogP contribution in [0, 0.1) is 6.92 Å². The molecule has 0 fully saturated rings. The SMILES string of the molecule is Cc1ccc(S(=O)(=O)Nc2ccc(/C=C/C(=O)O)cc2)s1. The Morgan fingerprint density at radius 1 is 1.19 bits per heavy atom. The summed E-state index contributed by atoms with van der Waals surface area (Å²) in [7, 11) is -3.57. The number of anilines is 1. The summed E-state index contributed by atoms with van der Waals surface area (Å²) in [5, 5.41) is 8.53. The second-order valence-electron chi connectivity index (χ2n) is 4.26. The molecule has 7 heteroatoms. The molecule has 0 spiro atoms. The summed E-state index contributed by atoms with van der Waals surface area (Å²) in [4.78, 5) is 11.3. The van der Waals surface area contributed by atoms with Crippen molar-refractivity contribution in [2.24, 2.45) is 0 Å². The van der Waals surface area contributed by atoms with Gasteiger partial charge >= 0.3 is 5.97 Å². The van der Waals surface area contributed by atoms with E-state index < -0.39 is 16.0 Å². The van der Waals surface area contributed by atoms with Crippen molar-refractivity contribution in [1.29, 1.82) is 0 Å². The summed E-state index contributed by atoms with van der Waals surface area (Å²) in [6, 6.07) is 9.75. The van der Waals surface area contributed by atoms with Crippen molar-refractivity contribution < 1.29 is 18.3 Å². The van der Waals surface area contributed by atoms with Gasteiger partial charge in [0, 0.05) is 16.6 Å². The van der Waals surface area contributed by atoms with Crippen LogP contribution in [0.25, 0.3) is 6.08 Å². The zero-order valence-electron chi connectivity index (χ0n) is 11.1. The average molecular weight is 323 g/mol. The molecule has 0 unspecified atom stereocenters. The topological polar surface area (TPSA) is 83.5 Å². The van der Waals surface area contributed by atoms with E-state index in [4.69, 9.17) is 5.11 Å². The monoisotopic (exact) mass is 323 g/mol. The quantitative estimate of drug-likeness (QED) is 0.829. The summed E-state index contributed by atoms with van der Waals surface area (Å²) in [6.07, 6.45) is 2.46. The number of carboxylic acid groups (broad SMARTS) is 1. The van der Waals surface area contributed by atoms with Crippen LogP contribution in [0.2, 0.25) is 0 Å². The van der Waals surface area contributed by atoms with E-state index in [1.807, 2.05) is 6.92 Å². The third-order valence-electron chi connectivity index (χ3n) is 2.56. The molecule has 1 aromatic heterocycles. The molecule has 2 rings (SSSR count). The number of hydrogen-bond acceptors (Lipinski definition) is 4. The van der Waals surface area contributed by atoms with E-state index in [1.165, 1.54) is 17.4 Å². The summed E-state index contributed by atoms with van der Waals surface area (Å²) in [5.41, 5.74) is 1.10. The number of sulfonamides is 1. The molecule has 0 aliphatic heterocycles. The van der Waals surface area contributed by atoms with Crippen LogP contribution in [0.4, 0.5) is 5.69 Å². The number of carbonyl (C=O) groups is 1. The van der Waals surface area contributed by atoms with E-state index in [0.29, 0.717) is 11.3 Å². The van der Waals surface area contributed by atoms with Gasteiger partial charge in [-0.3, -0.25) is 4.72 Å². The van der Waals surface area contributed by atoms with Crippen molar-refractivity contribution in [2.75, 3.05) is 4.72 Å². The molecule has 2 aromatic rings. The Morgan fingerprint density at radius 3 is 2.38 bits per heavy atom. The van der Waals surface area contributed by atoms with Crippen LogP contribution in [-0.2, 0) is 14.8 Å². The first-order valence-electron chi connectivity index (χ1n) is 5.97. The van der Waals surface area contributed by atoms with Gasteiger partial charge in [-0.25, -0.2) is 13.2 Å². The fraction of sp³-hybridized carbons (Fsp3) is 0.0714. The van der Waals surface area contributed by atoms with Crippen LogP contribution in [0.1, 0.15) is 10.4 Å². The first-order chi connectivity index (χ1) is 9.87. The van der Waals surface area contributed by atoms with Crippen LogP contribution in [-0.4, -0.2) is 19.5 Å². The number of hydrogen-bond donors (Lipinski definition) is 2. The molecule has 0 atom stereocenters. The van der Waals surface area contributed by atoms with Gasteiger partial charge < -0.3 is 5.11 Å². The lowest BCUT2D eigenvalue weighted by Gasteiger charge is -2.06. The summed E-state index contributed by atoms with van der Waals surface area (Å²) < 4.78 is 27.0. The predicted molar refractivity (Wildman–Crippen MR) is 83.0 cm³/mol. The van der Waals surface area contributed by atoms with Gasteiger partial charge in [0.25, 0.3) is 10.0 Å². The zero-order valence-corrected chi connectivity index (χ0v) is 12.7. The third kappa shape index (κ3) is 4.17. The summed E-state index contributed by atoms with van der Waals surface area (Å²) in [5.74, 6) is -1.03. The first-order valence-corrected chi connectivity index (χ1v) is 8.27. The third-order valence-corrected chi connectivity index (χ3v) is 5.44. The highest BCUT2D eigenvalue weighted by molar-refractivity contribution is 7.94. The van der Waals surface area contributed by atoms with E-state index in [2.05, 4.69) is 4.72 Å². The normalized spacial score (nSPS) is 11.7. The Bertz CT molecular complexity index is 774. The first kappa shape index (κ1) is 15.3. The van der Waals surface area contributed by atoms with Gasteiger partial charge in [-0.1, -0.05) is 12.1 Å². The number of rotatable bonds is 5. The van der Waals surface area contributed by atoms with Crippen molar-refractivity contribution >= 4 is 39.1 Å². The van der Waals surface area contributed by atoms with Crippen molar-refractivity contribution in [3.05, 3.63) is 52.9 Å². The molecule has 0 saturated carbocycles. The molecule has 1 heterocycles. The highest BCUT2D eigenvalue weighted by atomic mass is 32.2. The van der Waals surface area contributed by atoms with Gasteiger partial charge in [-0.2, -0.15) is 0 Å². The predicted octanol–water partition coefficient (Wildman–Crippen LogP) is 2.96. The molecule has 21 heavy (non-hydrogen) atoms. The lowest BCUT2D eigenvalue weighted by molar-refractivity contribution is -0.131. The molecule has 5 nitrogen and oxygen atoms in total. The van der Waals surface area contributed by atoms with E-state index in [0.717, 1.165) is 11.0 Å². The van der Waals surface area contributed by atoms with Crippen LogP contribution >= 0.6 is 11.3 Å². The molecule has 0 saturated heterocycles. The highest BCUT2D eigenvalue weighted by Crippen LogP contribution is 2.23. The lowest BCUT2D eigenvalue weighted by Crippen LogP contribution is -2.11. The van der Waals surface area contributed by atoms with E-state index >= 15 is 0 Å². The van der Waals surface area contributed by atoms with Gasteiger partial charge in [0.05, 0.1) is 0 Å². The summed E-state index contributed by atoms with van der Waals surface area (Å²) >= 11 is 1.20. The lowest BCUT2D eigenvalue weighted by atomic mass is 10.2. The minimum absolute atomic E-state index is 0.259. The highest BCUT2D eigenvalue weighted by Gasteiger charge is 2.15. The molecule has 110 valence electrons. The minimum atomic E-state index is -3.57. The fourth-order valence-corrected chi connectivity index (χ4v) is 3.93. The maximum absolute atomic E-state index is 12.1. The van der Waals surface area contributed by atoms with E-state index in [1.54, 1.807) is 36.4 Å². The number of thiophene rings is 1. The maximum atomic E-state index is 12.1. The number of aliphatic carboxylic acids is 1. The van der Waals surface area contributed by atoms with E-state index in [9.17, 15) is 13.2 Å². The molecule has 0 radical (unpaired) electrons. The standard InChI is InChI=1S/C14H13NO4S2/c1-10-2-9-14(20-10)21(18,19)15-12-6-3-11(4-7-12)5-8-13(16)17/h2-9,15H,1H3,(H,16,17)/b8-5+. The zero-order chi connectivity index (χ0) is 15.5. The number of benzene rings is 1. The van der Waals surface area contributed by atoms with Crippen molar-refractivity contribution in [1.82, 2.24) is 0 Å². The second kappa shape index (κ2) is 6.11. The van der Waals surface area contributed by atoms with Crippen LogP contribution in [0.5, 0.6) is 0 Å². The summed E-state index contributed by atoms with van der Waals surface area (Å²) in [6.45, 7) is 1.84. The van der Waals surface area contributed by atoms with Crippen molar-refractivity contribution in [3.8, 4) is 0 Å². The van der Waals surface area contributed by atoms with Gasteiger partial charge in [-0.15, -0.1) is 11.3 Å².